The highest BCUT2D eigenvalue weighted by molar-refractivity contribution is 8.01. The Balaban J connectivity index is 0.000000210. The van der Waals surface area contributed by atoms with Crippen molar-refractivity contribution < 1.29 is 27.7 Å². The number of thioether (sulfide) groups is 1. The minimum absolute atomic E-state index is 0.0666. The second-order valence-corrected chi connectivity index (χ2v) is 11.1. The summed E-state index contributed by atoms with van der Waals surface area (Å²) < 4.78 is 29.1. The summed E-state index contributed by atoms with van der Waals surface area (Å²) in [6.45, 7) is 7.41. The number of carbonyl (C=O) groups excluding carboxylic acids is 1. The van der Waals surface area contributed by atoms with Crippen LogP contribution in [-0.4, -0.2) is 67.0 Å². The van der Waals surface area contributed by atoms with E-state index in [2.05, 4.69) is 15.3 Å². The number of anilines is 1. The van der Waals surface area contributed by atoms with Crippen molar-refractivity contribution in [3.63, 3.8) is 0 Å². The summed E-state index contributed by atoms with van der Waals surface area (Å²) in [4.78, 5) is 32.1. The number of aliphatic carboxylic acids is 1. The molecule has 4 N–H and O–H groups in total. The number of aryl methyl sites for hydroxylation is 2. The Bertz CT molecular complexity index is 1100. The Morgan fingerprint density at radius 2 is 1.87 bits per heavy atom. The molecule has 2 aliphatic rings. The number of carboxylic acid groups (broad SMARTS) is 1. The predicted molar refractivity (Wildman–Crippen MR) is 115 cm³/mol. The second kappa shape index (κ2) is 8.17. The van der Waals surface area contributed by atoms with Crippen molar-refractivity contribution in [2.24, 2.45) is 0 Å². The molecule has 0 bridgehead atoms. The van der Waals surface area contributed by atoms with Crippen LogP contribution in [0, 0.1) is 13.8 Å². The Kier molecular flexibility index (Phi) is 6.09. The fourth-order valence-corrected chi connectivity index (χ4v) is 5.60. The summed E-state index contributed by atoms with van der Waals surface area (Å²) in [6, 6.07) is 4.79. The zero-order valence-electron chi connectivity index (χ0n) is 17.4. The van der Waals surface area contributed by atoms with Crippen molar-refractivity contribution in [1.82, 2.24) is 14.9 Å². The van der Waals surface area contributed by atoms with E-state index in [-0.39, 0.29) is 16.2 Å². The molecule has 2 aromatic rings. The van der Waals surface area contributed by atoms with Crippen LogP contribution in [0.5, 0.6) is 0 Å². The van der Waals surface area contributed by atoms with Crippen LogP contribution in [0.4, 0.5) is 5.95 Å². The molecule has 2 fully saturated rings. The van der Waals surface area contributed by atoms with Gasteiger partial charge in [-0.05, 0) is 39.8 Å². The van der Waals surface area contributed by atoms with Crippen molar-refractivity contribution in [2.75, 3.05) is 5.32 Å². The number of rotatable bonds is 4. The van der Waals surface area contributed by atoms with E-state index in [4.69, 9.17) is 4.55 Å². The van der Waals surface area contributed by atoms with Crippen LogP contribution in [0.1, 0.15) is 25.1 Å². The minimum Gasteiger partial charge on any atom is -0.480 e. The van der Waals surface area contributed by atoms with Crippen LogP contribution in [-0.2, 0) is 19.7 Å². The molecule has 0 saturated carbocycles. The van der Waals surface area contributed by atoms with E-state index in [0.29, 0.717) is 5.95 Å². The minimum atomic E-state index is -4.02. The van der Waals surface area contributed by atoms with Crippen LogP contribution in [0.2, 0.25) is 0 Å². The van der Waals surface area contributed by atoms with Gasteiger partial charge >= 0.3 is 5.97 Å². The van der Waals surface area contributed by atoms with E-state index in [9.17, 15) is 23.1 Å². The van der Waals surface area contributed by atoms with Crippen molar-refractivity contribution >= 4 is 39.7 Å². The van der Waals surface area contributed by atoms with Crippen LogP contribution < -0.4 is 5.32 Å². The van der Waals surface area contributed by atoms with Gasteiger partial charge in [-0.3, -0.25) is 9.35 Å². The number of nitrogens with one attached hydrogen (secondary N) is 2. The highest BCUT2D eigenvalue weighted by Gasteiger charge is 2.64. The number of nitrogens with zero attached hydrogens (tertiary/aromatic N) is 2. The molecule has 31 heavy (non-hydrogen) atoms. The van der Waals surface area contributed by atoms with E-state index >= 15 is 0 Å². The number of fused-ring (bicyclic) bond motifs is 1. The number of β-lactam (4-membered cyclic amide) rings is 1. The third kappa shape index (κ3) is 4.70. The summed E-state index contributed by atoms with van der Waals surface area (Å²) in [5.74, 6) is -0.599. The number of imidazole rings is 1. The lowest BCUT2D eigenvalue weighted by Crippen LogP contribution is -2.68. The number of aromatic nitrogens is 2. The average molecular weight is 469 g/mol. The molecular formula is C19H24N4O6S2. The van der Waals surface area contributed by atoms with Gasteiger partial charge in [-0.25, -0.2) is 9.78 Å². The second-order valence-electron chi connectivity index (χ2n) is 7.90. The first-order valence-corrected chi connectivity index (χ1v) is 11.7. The molecule has 12 heteroatoms. The largest absolute Gasteiger partial charge is 0.480 e. The number of amides is 1. The van der Waals surface area contributed by atoms with Gasteiger partial charge < -0.3 is 20.3 Å². The number of hydrogen-bond donors (Lipinski definition) is 4. The van der Waals surface area contributed by atoms with Gasteiger partial charge in [0, 0.05) is 10.9 Å². The van der Waals surface area contributed by atoms with Gasteiger partial charge in [-0.1, -0.05) is 17.7 Å². The van der Waals surface area contributed by atoms with Crippen molar-refractivity contribution in [3.05, 3.63) is 41.7 Å². The first-order chi connectivity index (χ1) is 14.3. The highest BCUT2D eigenvalue weighted by atomic mass is 32.2. The average Bonchev–Trinajstić information content (AvgIpc) is 3.18. The number of carboxylic acids is 1. The van der Waals surface area contributed by atoms with Gasteiger partial charge in [-0.2, -0.15) is 8.42 Å². The lowest BCUT2D eigenvalue weighted by molar-refractivity contribution is -0.158. The molecule has 2 saturated heterocycles. The lowest BCUT2D eigenvalue weighted by Gasteiger charge is -2.43. The summed E-state index contributed by atoms with van der Waals surface area (Å²) in [5, 5.41) is 12.2. The lowest BCUT2D eigenvalue weighted by atomic mass is 9.96. The Labute approximate surface area is 184 Å². The van der Waals surface area contributed by atoms with Gasteiger partial charge in [0.2, 0.25) is 11.9 Å². The summed E-state index contributed by atoms with van der Waals surface area (Å²) in [6.07, 6.45) is 1.75. The molecule has 3 heterocycles. The third-order valence-electron chi connectivity index (χ3n) is 4.99. The number of H-pyrrole nitrogens is 1. The van der Waals surface area contributed by atoms with E-state index in [1.165, 1.54) is 28.8 Å². The van der Waals surface area contributed by atoms with Crippen molar-refractivity contribution in [1.29, 1.82) is 0 Å². The normalized spacial score (nSPS) is 24.0. The van der Waals surface area contributed by atoms with Crippen LogP contribution in [0.15, 0.2) is 35.4 Å². The highest BCUT2D eigenvalue weighted by Crippen LogP contribution is 2.51. The maximum absolute atomic E-state index is 12.2. The van der Waals surface area contributed by atoms with Crippen LogP contribution in [0.25, 0.3) is 0 Å². The van der Waals surface area contributed by atoms with E-state index in [1.807, 2.05) is 27.7 Å². The molecule has 1 aromatic heterocycles. The Morgan fingerprint density at radius 3 is 2.35 bits per heavy atom. The van der Waals surface area contributed by atoms with E-state index in [0.717, 1.165) is 11.3 Å². The summed E-state index contributed by atoms with van der Waals surface area (Å²) in [5.41, 5.74) is 1.79. The molecule has 168 valence electrons. The maximum atomic E-state index is 12.2. The topological polar surface area (TPSA) is 153 Å². The van der Waals surface area contributed by atoms with Crippen LogP contribution in [0.3, 0.4) is 0 Å². The first kappa shape index (κ1) is 23.1. The van der Waals surface area contributed by atoms with Crippen molar-refractivity contribution in [3.8, 4) is 0 Å². The zero-order valence-corrected chi connectivity index (χ0v) is 19.0. The van der Waals surface area contributed by atoms with Crippen LogP contribution >= 0.6 is 11.8 Å². The maximum Gasteiger partial charge on any atom is 0.327 e. The van der Waals surface area contributed by atoms with Gasteiger partial charge in [0.1, 0.15) is 17.5 Å². The molecule has 0 radical (unpaired) electrons. The Morgan fingerprint density at radius 1 is 1.26 bits per heavy atom. The van der Waals surface area contributed by atoms with Gasteiger partial charge in [-0.15, -0.1) is 11.8 Å². The summed E-state index contributed by atoms with van der Waals surface area (Å²) in [7, 11) is -4.02. The fraction of sp³-hybridized carbons (Fsp3) is 0.421. The van der Waals surface area contributed by atoms with Crippen molar-refractivity contribution in [2.45, 2.75) is 54.8 Å². The number of carbonyl (C=O) groups is 2. The molecule has 1 amide bonds. The van der Waals surface area contributed by atoms with Gasteiger partial charge in [0.25, 0.3) is 10.1 Å². The number of aromatic amines is 1. The van der Waals surface area contributed by atoms with E-state index in [1.54, 1.807) is 18.3 Å². The number of benzene rings is 1. The fourth-order valence-electron chi connectivity index (χ4n) is 3.49. The predicted octanol–water partition coefficient (Wildman–Crippen LogP) is 1.89. The molecule has 0 spiro atoms. The Hall–Kier alpha value is -2.57. The van der Waals surface area contributed by atoms with E-state index < -0.39 is 32.9 Å². The SMILES string of the molecule is Cc1c[nH]c(NC2C(=O)N3C(C(=O)O)C(C)(C)S[C@@H]23)n1.Cc1ccc(S(=O)(=O)O)cc1. The molecular weight excluding hydrogens is 444 g/mol. The molecule has 10 nitrogen and oxygen atoms in total. The zero-order chi connectivity index (χ0) is 23.1. The monoisotopic (exact) mass is 468 g/mol. The molecule has 1 aromatic carbocycles. The molecule has 2 unspecified atom stereocenters. The standard InChI is InChI=1S/C12H16N4O3S.C7H8O3S/c1-5-4-13-11(14-5)15-6-8(17)16-7(10(18)19)12(2,3)20-9(6)16;1-6-2-4-7(5-3-6)11(8,9)10/h4,6-7,9H,1-3H3,(H,18,19)(H2,13,14,15);2-5H,1H3,(H,8,9,10)/t6?,7?,9-;/m0./s1. The van der Waals surface area contributed by atoms with Gasteiger partial charge in [0.05, 0.1) is 10.6 Å². The molecule has 4 rings (SSSR count). The summed E-state index contributed by atoms with van der Waals surface area (Å²) >= 11 is 1.51. The molecule has 2 aliphatic heterocycles. The first-order valence-electron chi connectivity index (χ1n) is 9.37. The smallest absolute Gasteiger partial charge is 0.327 e. The molecule has 3 atom stereocenters. The van der Waals surface area contributed by atoms with Gasteiger partial charge in [0.15, 0.2) is 0 Å². The molecule has 0 aliphatic carbocycles. The quantitative estimate of drug-likeness (QED) is 0.389. The number of hydrogen-bond acceptors (Lipinski definition) is 7. The third-order valence-corrected chi connectivity index (χ3v) is 7.43.